The summed E-state index contributed by atoms with van der Waals surface area (Å²) in [7, 11) is 2.00. The summed E-state index contributed by atoms with van der Waals surface area (Å²) in [5, 5.41) is 14.3. The average Bonchev–Trinajstić information content (AvgIpc) is 2.31. The molecule has 1 rings (SSSR count). The van der Waals surface area contributed by atoms with Crippen molar-refractivity contribution in [2.45, 2.75) is 32.9 Å². The third kappa shape index (κ3) is 5.34. The first-order chi connectivity index (χ1) is 9.20. The number of likely N-dealkylation sites (N-methyl/N-ethyl adjacent to an activating group) is 1. The predicted molar refractivity (Wildman–Crippen MR) is 74.7 cm³/mol. The molecule has 1 aliphatic rings. The van der Waals surface area contributed by atoms with Crippen molar-refractivity contribution in [1.29, 1.82) is 0 Å². The molecule has 2 unspecified atom stereocenters. The Morgan fingerprint density at radius 2 is 2.10 bits per heavy atom. The highest BCUT2D eigenvalue weighted by Gasteiger charge is 2.32. The Bertz CT molecular complexity index is 354. The summed E-state index contributed by atoms with van der Waals surface area (Å²) in [5.41, 5.74) is -0.551. The van der Waals surface area contributed by atoms with Crippen molar-refractivity contribution in [3.05, 3.63) is 0 Å². The number of amides is 2. The minimum atomic E-state index is -1.04. The minimum Gasteiger partial charge on any atom is -0.480 e. The fourth-order valence-electron chi connectivity index (χ4n) is 2.03. The van der Waals surface area contributed by atoms with Gasteiger partial charge in [0.15, 0.2) is 0 Å². The highest BCUT2D eigenvalue weighted by molar-refractivity contribution is 5.83. The van der Waals surface area contributed by atoms with Crippen molar-refractivity contribution >= 4 is 12.0 Å². The molecule has 1 saturated heterocycles. The maximum Gasteiger partial charge on any atom is 0.326 e. The highest BCUT2D eigenvalue weighted by Crippen LogP contribution is 2.19. The van der Waals surface area contributed by atoms with Crippen LogP contribution in [0.5, 0.6) is 0 Å². The molecule has 2 atom stereocenters. The van der Waals surface area contributed by atoms with Gasteiger partial charge in [-0.2, -0.15) is 0 Å². The second-order valence-corrected chi connectivity index (χ2v) is 6.25. The Labute approximate surface area is 119 Å². The van der Waals surface area contributed by atoms with Crippen LogP contribution < -0.4 is 10.6 Å². The molecule has 116 valence electrons. The summed E-state index contributed by atoms with van der Waals surface area (Å²) in [5.74, 6) is -1.04. The van der Waals surface area contributed by atoms with Crippen molar-refractivity contribution in [3.8, 4) is 0 Å². The number of rotatable bonds is 4. The van der Waals surface area contributed by atoms with E-state index in [0.717, 1.165) is 13.1 Å². The van der Waals surface area contributed by atoms with E-state index < -0.39 is 23.5 Å². The summed E-state index contributed by atoms with van der Waals surface area (Å²) in [4.78, 5) is 25.1. The topological polar surface area (TPSA) is 90.9 Å². The number of urea groups is 1. The number of carbonyl (C=O) groups excluding carboxylic acids is 1. The summed E-state index contributed by atoms with van der Waals surface area (Å²) in [6.07, 6.45) is -0.0579. The molecule has 1 aliphatic heterocycles. The first-order valence-electron chi connectivity index (χ1n) is 6.77. The maximum atomic E-state index is 11.8. The minimum absolute atomic E-state index is 0.0579. The maximum absolute atomic E-state index is 11.8. The summed E-state index contributed by atoms with van der Waals surface area (Å²) in [6, 6.07) is -1.42. The van der Waals surface area contributed by atoms with Crippen LogP contribution >= 0.6 is 0 Å². The Morgan fingerprint density at radius 1 is 1.45 bits per heavy atom. The van der Waals surface area contributed by atoms with E-state index in [-0.39, 0.29) is 6.10 Å². The van der Waals surface area contributed by atoms with E-state index >= 15 is 0 Å². The SMILES string of the molecule is CN1CCOC(CNC(=O)NC(C(=O)O)C(C)(C)C)C1. The number of aliphatic carboxylic acids is 1. The molecule has 1 heterocycles. The molecule has 0 bridgehead atoms. The van der Waals surface area contributed by atoms with Gasteiger partial charge in [-0.1, -0.05) is 20.8 Å². The first kappa shape index (κ1) is 16.7. The monoisotopic (exact) mass is 287 g/mol. The third-order valence-electron chi connectivity index (χ3n) is 3.22. The molecule has 0 spiro atoms. The zero-order valence-corrected chi connectivity index (χ0v) is 12.6. The van der Waals surface area contributed by atoms with E-state index in [1.807, 2.05) is 7.05 Å². The van der Waals surface area contributed by atoms with Crippen molar-refractivity contribution in [3.63, 3.8) is 0 Å². The second-order valence-electron chi connectivity index (χ2n) is 6.25. The molecule has 0 aromatic carbocycles. The lowest BCUT2D eigenvalue weighted by Crippen LogP contribution is -2.54. The van der Waals surface area contributed by atoms with E-state index in [2.05, 4.69) is 15.5 Å². The van der Waals surface area contributed by atoms with Crippen LogP contribution in [0.25, 0.3) is 0 Å². The van der Waals surface area contributed by atoms with Crippen LogP contribution in [0.3, 0.4) is 0 Å². The van der Waals surface area contributed by atoms with Crippen LogP contribution in [0.1, 0.15) is 20.8 Å². The van der Waals surface area contributed by atoms with Gasteiger partial charge in [0.1, 0.15) is 6.04 Å². The van der Waals surface area contributed by atoms with Gasteiger partial charge in [0.25, 0.3) is 0 Å². The quantitative estimate of drug-likeness (QED) is 0.683. The van der Waals surface area contributed by atoms with Gasteiger partial charge >= 0.3 is 12.0 Å². The van der Waals surface area contributed by atoms with E-state index in [9.17, 15) is 9.59 Å². The van der Waals surface area contributed by atoms with Crippen molar-refractivity contribution < 1.29 is 19.4 Å². The highest BCUT2D eigenvalue weighted by atomic mass is 16.5. The van der Waals surface area contributed by atoms with Gasteiger partial charge < -0.3 is 25.4 Å². The molecule has 0 aromatic heterocycles. The fourth-order valence-corrected chi connectivity index (χ4v) is 2.03. The van der Waals surface area contributed by atoms with Gasteiger partial charge in [-0.05, 0) is 12.5 Å². The zero-order chi connectivity index (χ0) is 15.3. The number of hydrogen-bond donors (Lipinski definition) is 3. The molecule has 7 nitrogen and oxygen atoms in total. The largest absolute Gasteiger partial charge is 0.480 e. The fraction of sp³-hybridized carbons (Fsp3) is 0.846. The van der Waals surface area contributed by atoms with Crippen molar-refractivity contribution in [2.24, 2.45) is 5.41 Å². The number of nitrogens with zero attached hydrogens (tertiary/aromatic N) is 1. The van der Waals surface area contributed by atoms with Gasteiger partial charge in [0.2, 0.25) is 0 Å². The zero-order valence-electron chi connectivity index (χ0n) is 12.6. The van der Waals surface area contributed by atoms with E-state index in [1.165, 1.54) is 0 Å². The molecule has 7 heteroatoms. The molecule has 0 saturated carbocycles. The number of ether oxygens (including phenoxy) is 1. The number of hydrogen-bond acceptors (Lipinski definition) is 4. The summed E-state index contributed by atoms with van der Waals surface area (Å²) < 4.78 is 5.52. The number of carboxylic acids is 1. The van der Waals surface area contributed by atoms with Gasteiger partial charge in [-0.25, -0.2) is 9.59 Å². The van der Waals surface area contributed by atoms with E-state index in [1.54, 1.807) is 20.8 Å². The van der Waals surface area contributed by atoms with Crippen molar-refractivity contribution in [1.82, 2.24) is 15.5 Å². The smallest absolute Gasteiger partial charge is 0.326 e. The van der Waals surface area contributed by atoms with Crippen LogP contribution in [-0.4, -0.2) is 67.4 Å². The standard InChI is InChI=1S/C13H25N3O4/c1-13(2,3)10(11(17)18)15-12(19)14-7-9-8-16(4)5-6-20-9/h9-10H,5-8H2,1-4H3,(H,17,18)(H2,14,15,19). The van der Waals surface area contributed by atoms with Crippen LogP contribution in [0, 0.1) is 5.41 Å². The Morgan fingerprint density at radius 3 is 2.60 bits per heavy atom. The normalized spacial score (nSPS) is 22.1. The molecule has 0 radical (unpaired) electrons. The third-order valence-corrected chi connectivity index (χ3v) is 3.22. The summed E-state index contributed by atoms with van der Waals surface area (Å²) in [6.45, 7) is 7.95. The Hall–Kier alpha value is -1.34. The van der Waals surface area contributed by atoms with Crippen LogP contribution in [0.2, 0.25) is 0 Å². The van der Waals surface area contributed by atoms with Gasteiger partial charge in [0.05, 0.1) is 12.7 Å². The molecule has 1 fully saturated rings. The van der Waals surface area contributed by atoms with Gasteiger partial charge in [-0.15, -0.1) is 0 Å². The van der Waals surface area contributed by atoms with Gasteiger partial charge in [0, 0.05) is 19.6 Å². The van der Waals surface area contributed by atoms with Crippen LogP contribution in [0.15, 0.2) is 0 Å². The van der Waals surface area contributed by atoms with Crippen LogP contribution in [0.4, 0.5) is 4.79 Å². The Balaban J connectivity index is 2.40. The van der Waals surface area contributed by atoms with Gasteiger partial charge in [-0.3, -0.25) is 0 Å². The number of nitrogens with one attached hydrogen (secondary N) is 2. The molecule has 3 N–H and O–H groups in total. The van der Waals surface area contributed by atoms with E-state index in [0.29, 0.717) is 13.2 Å². The lowest BCUT2D eigenvalue weighted by Gasteiger charge is -2.31. The molecule has 0 aromatic rings. The predicted octanol–water partition coefficient (Wildman–Crippen LogP) is 0.116. The molecule has 20 heavy (non-hydrogen) atoms. The summed E-state index contributed by atoms with van der Waals surface area (Å²) >= 11 is 0. The van der Waals surface area contributed by atoms with E-state index in [4.69, 9.17) is 9.84 Å². The molecule has 0 aliphatic carbocycles. The lowest BCUT2D eigenvalue weighted by atomic mass is 9.87. The van der Waals surface area contributed by atoms with Crippen LogP contribution in [-0.2, 0) is 9.53 Å². The Kier molecular flexibility index (Phi) is 5.76. The van der Waals surface area contributed by atoms with Crippen molar-refractivity contribution in [2.75, 3.05) is 33.3 Å². The lowest BCUT2D eigenvalue weighted by molar-refractivity contribution is -0.141. The molecule has 2 amide bonds. The number of carboxylic acid groups (broad SMARTS) is 1. The second kappa shape index (κ2) is 6.90. The number of morpholine rings is 1. The molecular weight excluding hydrogens is 262 g/mol. The molecular formula is C13H25N3O4. The average molecular weight is 287 g/mol. The first-order valence-corrected chi connectivity index (χ1v) is 6.77. The number of carbonyl (C=O) groups is 2.